The number of rotatable bonds is 2. The molecule has 0 atom stereocenters. The Morgan fingerprint density at radius 1 is 1.25 bits per heavy atom. The fourth-order valence-electron chi connectivity index (χ4n) is 2.26. The summed E-state index contributed by atoms with van der Waals surface area (Å²) in [6.45, 7) is 1.71. The maximum atomic E-state index is 12.6. The second kappa shape index (κ2) is 6.37. The SMILES string of the molecule is Cc1c(C(=O)Nc2c(Cl)cc(Cl)cc2Cl)sc2ncn(C)c(=O)c12. The summed E-state index contributed by atoms with van der Waals surface area (Å²) < 4.78 is 1.37. The van der Waals surface area contributed by atoms with Crippen molar-refractivity contribution in [2.24, 2.45) is 7.05 Å². The Morgan fingerprint density at radius 2 is 1.88 bits per heavy atom. The molecule has 0 saturated carbocycles. The number of nitrogens with zero attached hydrogens (tertiary/aromatic N) is 2. The second-order valence-corrected chi connectivity index (χ2v) is 7.35. The van der Waals surface area contributed by atoms with Gasteiger partial charge in [0.1, 0.15) is 4.83 Å². The van der Waals surface area contributed by atoms with Crippen LogP contribution >= 0.6 is 46.1 Å². The van der Waals surface area contributed by atoms with Gasteiger partial charge in [0, 0.05) is 12.1 Å². The van der Waals surface area contributed by atoms with E-state index < -0.39 is 5.91 Å². The molecule has 3 aromatic rings. The van der Waals surface area contributed by atoms with Gasteiger partial charge in [-0.3, -0.25) is 9.59 Å². The molecule has 0 aliphatic carbocycles. The summed E-state index contributed by atoms with van der Waals surface area (Å²) in [5.74, 6) is -0.413. The van der Waals surface area contributed by atoms with Crippen LogP contribution in [-0.2, 0) is 7.05 Å². The molecule has 0 aliphatic heterocycles. The highest BCUT2D eigenvalue weighted by Crippen LogP contribution is 2.35. The van der Waals surface area contributed by atoms with Crippen molar-refractivity contribution in [2.75, 3.05) is 5.32 Å². The molecule has 1 amide bonds. The predicted molar refractivity (Wildman–Crippen MR) is 99.0 cm³/mol. The van der Waals surface area contributed by atoms with Crippen molar-refractivity contribution in [3.05, 3.63) is 54.3 Å². The van der Waals surface area contributed by atoms with Crippen LogP contribution in [0, 0.1) is 6.92 Å². The van der Waals surface area contributed by atoms with E-state index in [0.29, 0.717) is 25.7 Å². The van der Waals surface area contributed by atoms with E-state index in [1.54, 1.807) is 14.0 Å². The quantitative estimate of drug-likeness (QED) is 0.685. The molecule has 0 saturated heterocycles. The highest BCUT2D eigenvalue weighted by Gasteiger charge is 2.20. The van der Waals surface area contributed by atoms with Crippen LogP contribution in [0.5, 0.6) is 0 Å². The van der Waals surface area contributed by atoms with Crippen LogP contribution < -0.4 is 10.9 Å². The molecule has 5 nitrogen and oxygen atoms in total. The minimum absolute atomic E-state index is 0.199. The van der Waals surface area contributed by atoms with E-state index in [0.717, 1.165) is 11.3 Å². The summed E-state index contributed by atoms with van der Waals surface area (Å²) in [7, 11) is 1.61. The van der Waals surface area contributed by atoms with Crippen molar-refractivity contribution in [1.82, 2.24) is 9.55 Å². The van der Waals surface area contributed by atoms with Gasteiger partial charge in [0.25, 0.3) is 11.5 Å². The first-order valence-electron chi connectivity index (χ1n) is 6.70. The molecule has 24 heavy (non-hydrogen) atoms. The highest BCUT2D eigenvalue weighted by atomic mass is 35.5. The minimum atomic E-state index is -0.413. The Bertz CT molecular complexity index is 1020. The number of anilines is 1. The smallest absolute Gasteiger partial charge is 0.266 e. The van der Waals surface area contributed by atoms with Gasteiger partial charge in [0.2, 0.25) is 0 Å². The molecule has 3 rings (SSSR count). The second-order valence-electron chi connectivity index (χ2n) is 5.10. The lowest BCUT2D eigenvalue weighted by Gasteiger charge is -2.09. The van der Waals surface area contributed by atoms with E-state index in [-0.39, 0.29) is 21.3 Å². The Labute approximate surface area is 155 Å². The summed E-state index contributed by atoms with van der Waals surface area (Å²) in [5.41, 5.74) is 0.642. The third-order valence-electron chi connectivity index (χ3n) is 3.46. The molecule has 9 heteroatoms. The number of hydrogen-bond donors (Lipinski definition) is 1. The fraction of sp³-hybridized carbons (Fsp3) is 0.133. The minimum Gasteiger partial charge on any atom is -0.319 e. The number of fused-ring (bicyclic) bond motifs is 1. The van der Waals surface area contributed by atoms with Crippen molar-refractivity contribution >= 4 is 68.0 Å². The summed E-state index contributed by atoms with van der Waals surface area (Å²) >= 11 is 19.2. The zero-order chi connectivity index (χ0) is 17.6. The number of aromatic nitrogens is 2. The number of benzene rings is 1. The molecule has 2 heterocycles. The van der Waals surface area contributed by atoms with E-state index in [9.17, 15) is 9.59 Å². The van der Waals surface area contributed by atoms with Gasteiger partial charge >= 0.3 is 0 Å². The van der Waals surface area contributed by atoms with Crippen LogP contribution in [0.25, 0.3) is 10.2 Å². The van der Waals surface area contributed by atoms with Crippen LogP contribution in [0.2, 0.25) is 15.1 Å². The lowest BCUT2D eigenvalue weighted by molar-refractivity contribution is 0.103. The maximum absolute atomic E-state index is 12.6. The highest BCUT2D eigenvalue weighted by molar-refractivity contribution is 7.20. The number of hydrogen-bond acceptors (Lipinski definition) is 4. The van der Waals surface area contributed by atoms with Gasteiger partial charge in [0.15, 0.2) is 0 Å². The van der Waals surface area contributed by atoms with Gasteiger partial charge in [-0.05, 0) is 24.6 Å². The van der Waals surface area contributed by atoms with E-state index >= 15 is 0 Å². The largest absolute Gasteiger partial charge is 0.319 e. The van der Waals surface area contributed by atoms with Crippen LogP contribution in [0.1, 0.15) is 15.2 Å². The Balaban J connectivity index is 2.06. The summed E-state index contributed by atoms with van der Waals surface area (Å²) in [4.78, 5) is 29.9. The van der Waals surface area contributed by atoms with E-state index in [1.807, 2.05) is 0 Å². The number of carbonyl (C=O) groups excluding carboxylic acids is 1. The van der Waals surface area contributed by atoms with Crippen LogP contribution in [-0.4, -0.2) is 15.5 Å². The molecule has 0 fully saturated rings. The van der Waals surface area contributed by atoms with Gasteiger partial charge in [-0.2, -0.15) is 0 Å². The van der Waals surface area contributed by atoms with E-state index in [1.165, 1.54) is 23.0 Å². The first kappa shape index (κ1) is 17.2. The van der Waals surface area contributed by atoms with Gasteiger partial charge in [-0.15, -0.1) is 11.3 Å². The number of carbonyl (C=O) groups is 1. The first-order valence-corrected chi connectivity index (χ1v) is 8.65. The Morgan fingerprint density at radius 3 is 2.50 bits per heavy atom. The lowest BCUT2D eigenvalue weighted by atomic mass is 10.2. The predicted octanol–water partition coefficient (Wildman–Crippen LogP) is 4.52. The monoisotopic (exact) mass is 401 g/mol. The average molecular weight is 403 g/mol. The standard InChI is InChI=1S/C15H10Cl3N3O2S/c1-6-10-14(19-5-21(2)15(10)23)24-12(6)13(22)20-11-8(17)3-7(16)4-9(11)18/h3-5H,1-2H3,(H,20,22). The van der Waals surface area contributed by atoms with Crippen LogP contribution in [0.15, 0.2) is 23.3 Å². The molecule has 0 unspecified atom stereocenters. The van der Waals surface area contributed by atoms with Gasteiger partial charge in [-0.25, -0.2) is 4.98 Å². The summed E-state index contributed by atoms with van der Waals surface area (Å²) in [6, 6.07) is 2.97. The number of nitrogens with one attached hydrogen (secondary N) is 1. The van der Waals surface area contributed by atoms with Crippen molar-refractivity contribution < 1.29 is 4.79 Å². The van der Waals surface area contributed by atoms with Gasteiger partial charge in [-0.1, -0.05) is 34.8 Å². The topological polar surface area (TPSA) is 64.0 Å². The normalized spacial score (nSPS) is 11.0. The van der Waals surface area contributed by atoms with Gasteiger partial charge in [0.05, 0.1) is 32.3 Å². The molecule has 0 bridgehead atoms. The summed E-state index contributed by atoms with van der Waals surface area (Å²) in [6.07, 6.45) is 1.43. The number of thiophene rings is 1. The number of halogens is 3. The Hall–Kier alpha value is -1.60. The van der Waals surface area contributed by atoms with E-state index in [2.05, 4.69) is 10.3 Å². The third kappa shape index (κ3) is 2.91. The Kier molecular flexibility index (Phi) is 4.57. The number of amides is 1. The molecule has 1 aromatic carbocycles. The zero-order valence-electron chi connectivity index (χ0n) is 12.5. The van der Waals surface area contributed by atoms with E-state index in [4.69, 9.17) is 34.8 Å². The summed E-state index contributed by atoms with van der Waals surface area (Å²) in [5, 5.41) is 3.93. The molecular formula is C15H10Cl3N3O2S. The molecule has 124 valence electrons. The van der Waals surface area contributed by atoms with Gasteiger partial charge < -0.3 is 9.88 Å². The molecular weight excluding hydrogens is 393 g/mol. The molecule has 0 aliphatic rings. The van der Waals surface area contributed by atoms with Crippen molar-refractivity contribution in [1.29, 1.82) is 0 Å². The average Bonchev–Trinajstić information content (AvgIpc) is 2.84. The van der Waals surface area contributed by atoms with Crippen LogP contribution in [0.3, 0.4) is 0 Å². The zero-order valence-corrected chi connectivity index (χ0v) is 15.6. The third-order valence-corrected chi connectivity index (χ3v) is 5.48. The lowest BCUT2D eigenvalue weighted by Crippen LogP contribution is -2.17. The van der Waals surface area contributed by atoms with Crippen molar-refractivity contribution in [3.63, 3.8) is 0 Å². The van der Waals surface area contributed by atoms with Crippen molar-refractivity contribution in [2.45, 2.75) is 6.92 Å². The fourth-order valence-corrected chi connectivity index (χ4v) is 4.20. The number of aryl methyl sites for hydroxylation is 2. The molecule has 1 N–H and O–H groups in total. The molecule has 0 radical (unpaired) electrons. The van der Waals surface area contributed by atoms with Crippen LogP contribution in [0.4, 0.5) is 5.69 Å². The molecule has 2 aromatic heterocycles. The molecule has 0 spiro atoms. The maximum Gasteiger partial charge on any atom is 0.266 e. The first-order chi connectivity index (χ1) is 11.3. The van der Waals surface area contributed by atoms with Crippen molar-refractivity contribution in [3.8, 4) is 0 Å².